The lowest BCUT2D eigenvalue weighted by atomic mass is 9.89. The van der Waals surface area contributed by atoms with Crippen LogP contribution in [0, 0.1) is 5.92 Å². The largest absolute Gasteiger partial charge is 0.481 e. The van der Waals surface area contributed by atoms with Gasteiger partial charge in [-0.2, -0.15) is 0 Å². The van der Waals surface area contributed by atoms with Crippen LogP contribution in [0.1, 0.15) is 17.2 Å². The molecule has 7 heteroatoms. The van der Waals surface area contributed by atoms with Gasteiger partial charge >= 0.3 is 5.97 Å². The van der Waals surface area contributed by atoms with Crippen LogP contribution in [0.2, 0.25) is 0 Å². The first-order valence-electron chi connectivity index (χ1n) is 8.08. The molecule has 4 rings (SSSR count). The van der Waals surface area contributed by atoms with Crippen molar-refractivity contribution < 1.29 is 9.90 Å². The lowest BCUT2D eigenvalue weighted by Crippen LogP contribution is -2.23. The van der Waals surface area contributed by atoms with E-state index in [0.29, 0.717) is 19.6 Å². The molecular weight excluding hydrogens is 384 g/mol. The van der Waals surface area contributed by atoms with Crippen molar-refractivity contribution in [1.82, 2.24) is 19.3 Å². The van der Waals surface area contributed by atoms with Crippen LogP contribution in [0.3, 0.4) is 0 Å². The summed E-state index contributed by atoms with van der Waals surface area (Å²) in [5.74, 6) is -1.17. The summed E-state index contributed by atoms with van der Waals surface area (Å²) in [6.07, 6.45) is 7.16. The highest BCUT2D eigenvalue weighted by Crippen LogP contribution is 2.34. The summed E-state index contributed by atoms with van der Waals surface area (Å²) >= 11 is 3.48. The van der Waals surface area contributed by atoms with Crippen molar-refractivity contribution in [2.24, 2.45) is 5.92 Å². The quantitative estimate of drug-likeness (QED) is 0.728. The molecule has 0 unspecified atom stereocenters. The summed E-state index contributed by atoms with van der Waals surface area (Å²) < 4.78 is 2.97. The van der Waals surface area contributed by atoms with Crippen molar-refractivity contribution >= 4 is 27.5 Å². The number of halogens is 1. The lowest BCUT2D eigenvalue weighted by Gasteiger charge is -2.16. The van der Waals surface area contributed by atoms with Crippen LogP contribution in [0.4, 0.5) is 0 Å². The van der Waals surface area contributed by atoms with Crippen LogP contribution in [-0.4, -0.2) is 43.4 Å². The summed E-state index contributed by atoms with van der Waals surface area (Å²) in [4.78, 5) is 22.4. The van der Waals surface area contributed by atoms with Gasteiger partial charge in [-0.25, -0.2) is 4.98 Å². The number of aromatic nitrogens is 3. The van der Waals surface area contributed by atoms with E-state index in [9.17, 15) is 9.90 Å². The average molecular weight is 401 g/mol. The van der Waals surface area contributed by atoms with Gasteiger partial charge < -0.3 is 5.11 Å². The van der Waals surface area contributed by atoms with Gasteiger partial charge in [0.15, 0.2) is 5.65 Å². The predicted molar refractivity (Wildman–Crippen MR) is 96.3 cm³/mol. The third-order valence-electron chi connectivity index (χ3n) is 4.77. The molecule has 1 fully saturated rings. The zero-order valence-corrected chi connectivity index (χ0v) is 15.0. The molecule has 6 nitrogen and oxygen atoms in total. The van der Waals surface area contributed by atoms with Gasteiger partial charge in [0.1, 0.15) is 0 Å². The number of carboxylic acid groups (broad SMARTS) is 1. The Morgan fingerprint density at radius 1 is 1.32 bits per heavy atom. The first kappa shape index (κ1) is 16.2. The molecular formula is C18H17BrN4O2. The highest BCUT2D eigenvalue weighted by atomic mass is 79.9. The Morgan fingerprint density at radius 2 is 2.20 bits per heavy atom. The van der Waals surface area contributed by atoms with E-state index in [2.05, 4.69) is 30.8 Å². The molecule has 1 aliphatic heterocycles. The van der Waals surface area contributed by atoms with E-state index in [-0.39, 0.29) is 5.92 Å². The second-order valence-electron chi connectivity index (χ2n) is 6.35. The molecule has 25 heavy (non-hydrogen) atoms. The van der Waals surface area contributed by atoms with E-state index in [1.54, 1.807) is 12.4 Å². The molecule has 2 aromatic heterocycles. The van der Waals surface area contributed by atoms with Gasteiger partial charge in [-0.3, -0.25) is 19.1 Å². The van der Waals surface area contributed by atoms with E-state index in [1.807, 2.05) is 41.1 Å². The molecule has 1 N–H and O–H groups in total. The lowest BCUT2D eigenvalue weighted by molar-refractivity contribution is -0.141. The Morgan fingerprint density at radius 3 is 3.00 bits per heavy atom. The molecule has 2 atom stereocenters. The number of likely N-dealkylation sites (tertiary alicyclic amines) is 1. The van der Waals surface area contributed by atoms with Gasteiger partial charge in [-0.1, -0.05) is 28.1 Å². The molecule has 0 bridgehead atoms. The highest BCUT2D eigenvalue weighted by Gasteiger charge is 2.38. The number of imidazole rings is 1. The van der Waals surface area contributed by atoms with Gasteiger partial charge in [-0.15, -0.1) is 0 Å². The Balaban J connectivity index is 1.59. The van der Waals surface area contributed by atoms with Gasteiger partial charge in [-0.05, 0) is 17.7 Å². The molecule has 1 saturated heterocycles. The summed E-state index contributed by atoms with van der Waals surface area (Å²) in [5.41, 5.74) is 2.90. The molecule has 1 aliphatic rings. The summed E-state index contributed by atoms with van der Waals surface area (Å²) in [7, 11) is 0. The minimum absolute atomic E-state index is 0.0177. The molecule has 128 valence electrons. The number of benzene rings is 1. The van der Waals surface area contributed by atoms with Gasteiger partial charge in [0, 0.05) is 42.4 Å². The van der Waals surface area contributed by atoms with Gasteiger partial charge in [0.2, 0.25) is 0 Å². The van der Waals surface area contributed by atoms with E-state index in [0.717, 1.165) is 21.4 Å². The van der Waals surface area contributed by atoms with E-state index >= 15 is 0 Å². The summed E-state index contributed by atoms with van der Waals surface area (Å²) in [5, 5.41) is 9.67. The van der Waals surface area contributed by atoms with Crippen LogP contribution in [0.15, 0.2) is 53.5 Å². The van der Waals surface area contributed by atoms with Gasteiger partial charge in [0.05, 0.1) is 24.0 Å². The smallest absolute Gasteiger partial charge is 0.308 e. The SMILES string of the molecule is O=C(O)[C@@H]1CN(Cc2cnc3cnccn23)C[C@H]1c1cccc(Br)c1. The van der Waals surface area contributed by atoms with Crippen molar-refractivity contribution in [3.8, 4) is 0 Å². The van der Waals surface area contributed by atoms with Crippen molar-refractivity contribution in [3.05, 3.63) is 64.8 Å². The molecule has 3 heterocycles. The molecule has 1 aromatic carbocycles. The molecule has 0 spiro atoms. The topological polar surface area (TPSA) is 70.7 Å². The van der Waals surface area contributed by atoms with Crippen LogP contribution in [0.5, 0.6) is 0 Å². The third-order valence-corrected chi connectivity index (χ3v) is 5.26. The Labute approximate surface area is 153 Å². The minimum Gasteiger partial charge on any atom is -0.481 e. The number of hydrogen-bond donors (Lipinski definition) is 1. The van der Waals surface area contributed by atoms with Crippen LogP contribution < -0.4 is 0 Å². The van der Waals surface area contributed by atoms with Crippen molar-refractivity contribution in [1.29, 1.82) is 0 Å². The number of aliphatic carboxylic acids is 1. The van der Waals surface area contributed by atoms with E-state index in [1.165, 1.54) is 0 Å². The second-order valence-corrected chi connectivity index (χ2v) is 7.27. The van der Waals surface area contributed by atoms with Crippen LogP contribution in [-0.2, 0) is 11.3 Å². The number of carbonyl (C=O) groups is 1. The van der Waals surface area contributed by atoms with Crippen molar-refractivity contribution in [2.75, 3.05) is 13.1 Å². The zero-order valence-electron chi connectivity index (χ0n) is 13.4. The molecule has 0 amide bonds. The first-order valence-corrected chi connectivity index (χ1v) is 8.87. The number of fused-ring (bicyclic) bond motifs is 1. The summed E-state index contributed by atoms with van der Waals surface area (Å²) in [6, 6.07) is 7.94. The maximum Gasteiger partial charge on any atom is 0.308 e. The highest BCUT2D eigenvalue weighted by molar-refractivity contribution is 9.10. The standard InChI is InChI=1S/C18H17BrN4O2/c19-13-3-1-2-12(6-13)15-10-22(11-16(15)18(24)25)9-14-7-21-17-8-20-4-5-23(14)17/h1-8,15-16H,9-11H2,(H,24,25)/t15-,16+/m0/s1. The fourth-order valence-corrected chi connectivity index (χ4v) is 4.00. The number of rotatable bonds is 4. The van der Waals surface area contributed by atoms with Crippen LogP contribution in [0.25, 0.3) is 5.65 Å². The fraction of sp³-hybridized carbons (Fsp3) is 0.278. The van der Waals surface area contributed by atoms with Crippen molar-refractivity contribution in [3.63, 3.8) is 0 Å². The number of nitrogens with zero attached hydrogens (tertiary/aromatic N) is 4. The maximum atomic E-state index is 11.8. The molecule has 0 saturated carbocycles. The Hall–Kier alpha value is -2.25. The normalized spacial score (nSPS) is 21.0. The fourth-order valence-electron chi connectivity index (χ4n) is 3.58. The second kappa shape index (κ2) is 6.57. The minimum atomic E-state index is -0.741. The van der Waals surface area contributed by atoms with Crippen molar-refractivity contribution in [2.45, 2.75) is 12.5 Å². The molecule has 0 radical (unpaired) electrons. The van der Waals surface area contributed by atoms with Crippen LogP contribution >= 0.6 is 15.9 Å². The van der Waals surface area contributed by atoms with Gasteiger partial charge in [0.25, 0.3) is 0 Å². The predicted octanol–water partition coefficient (Wildman–Crippen LogP) is 2.79. The average Bonchev–Trinajstić information content (AvgIpc) is 3.20. The Kier molecular flexibility index (Phi) is 4.27. The molecule has 3 aromatic rings. The summed E-state index contributed by atoms with van der Waals surface area (Å²) in [6.45, 7) is 1.91. The monoisotopic (exact) mass is 400 g/mol. The number of hydrogen-bond acceptors (Lipinski definition) is 4. The number of carboxylic acids is 1. The zero-order chi connectivity index (χ0) is 17.4. The first-order chi connectivity index (χ1) is 12.1. The molecule has 0 aliphatic carbocycles. The van der Waals surface area contributed by atoms with E-state index in [4.69, 9.17) is 0 Å². The third kappa shape index (κ3) is 3.17. The maximum absolute atomic E-state index is 11.8. The van der Waals surface area contributed by atoms with E-state index < -0.39 is 11.9 Å². The Bertz CT molecular complexity index is 926.